The van der Waals surface area contributed by atoms with E-state index in [1.54, 1.807) is 29.2 Å². The summed E-state index contributed by atoms with van der Waals surface area (Å²) in [7, 11) is 0. The molecule has 31 heavy (non-hydrogen) atoms. The normalized spacial score (nSPS) is 16.5. The summed E-state index contributed by atoms with van der Waals surface area (Å²) >= 11 is 0. The van der Waals surface area contributed by atoms with E-state index in [-0.39, 0.29) is 17.6 Å². The number of carbonyl (C=O) groups is 1. The van der Waals surface area contributed by atoms with E-state index in [0.29, 0.717) is 30.2 Å². The van der Waals surface area contributed by atoms with E-state index in [0.717, 1.165) is 28.8 Å². The molecule has 6 N–H and O–H groups in total. The third-order valence-electron chi connectivity index (χ3n) is 5.76. The molecule has 6 nitrogen and oxygen atoms in total. The summed E-state index contributed by atoms with van der Waals surface area (Å²) < 4.78 is 0. The maximum Gasteiger partial charge on any atom is 0.245 e. The van der Waals surface area contributed by atoms with E-state index in [2.05, 4.69) is 11.6 Å². The highest BCUT2D eigenvalue weighted by atomic mass is 16.3. The van der Waals surface area contributed by atoms with Crippen LogP contribution < -0.4 is 11.5 Å². The van der Waals surface area contributed by atoms with Gasteiger partial charge in [0.15, 0.2) is 0 Å². The Labute approximate surface area is 181 Å². The number of aromatic amines is 1. The molecule has 0 spiro atoms. The predicted molar refractivity (Wildman–Crippen MR) is 125 cm³/mol. The van der Waals surface area contributed by atoms with Gasteiger partial charge in [-0.3, -0.25) is 4.79 Å². The molecule has 158 valence electrons. The summed E-state index contributed by atoms with van der Waals surface area (Å²) in [5.41, 5.74) is 17.5. The number of para-hydroxylation sites is 1. The van der Waals surface area contributed by atoms with Gasteiger partial charge in [0.1, 0.15) is 11.6 Å². The van der Waals surface area contributed by atoms with Gasteiger partial charge in [0, 0.05) is 47.1 Å². The van der Waals surface area contributed by atoms with Crippen molar-refractivity contribution >= 4 is 23.5 Å². The zero-order chi connectivity index (χ0) is 22.0. The highest BCUT2D eigenvalue weighted by Crippen LogP contribution is 2.40. The largest absolute Gasteiger partial charge is 0.507 e. The first kappa shape index (κ1) is 20.3. The smallest absolute Gasteiger partial charge is 0.245 e. The summed E-state index contributed by atoms with van der Waals surface area (Å²) in [5.74, 6) is 0.670. The molecule has 1 saturated heterocycles. The Morgan fingerprint density at radius 3 is 2.58 bits per heavy atom. The maximum absolute atomic E-state index is 12.1. The second kappa shape index (κ2) is 8.44. The lowest BCUT2D eigenvalue weighted by Crippen LogP contribution is -2.26. The van der Waals surface area contributed by atoms with Gasteiger partial charge in [-0.15, -0.1) is 0 Å². The van der Waals surface area contributed by atoms with Crippen LogP contribution in [0.3, 0.4) is 0 Å². The van der Waals surface area contributed by atoms with Crippen LogP contribution in [-0.2, 0) is 4.79 Å². The second-order valence-electron chi connectivity index (χ2n) is 7.70. The monoisotopic (exact) mass is 414 g/mol. The standard InChI is InChI=1S/C25H26N4O2/c1-2-22(31)29-13-12-17(15-29)24-23(16-8-4-3-5-9-16)19(25(27)28-24)14-20(26)18-10-6-7-11-21(18)30/h2-11,14,17,28,30H,1,12-13,15,26-27H2/b20-14-. The molecule has 1 unspecified atom stereocenters. The minimum absolute atomic E-state index is 0.0628. The van der Waals surface area contributed by atoms with E-state index < -0.39 is 0 Å². The summed E-state index contributed by atoms with van der Waals surface area (Å²) in [6.45, 7) is 4.87. The summed E-state index contributed by atoms with van der Waals surface area (Å²) in [5, 5.41) is 10.2. The number of H-pyrrole nitrogens is 1. The number of carbonyl (C=O) groups excluding carboxylic acids is 1. The summed E-state index contributed by atoms with van der Waals surface area (Å²) in [6.07, 6.45) is 3.98. The molecule has 0 bridgehead atoms. The molecule has 0 saturated carbocycles. The van der Waals surface area contributed by atoms with Crippen molar-refractivity contribution in [3.05, 3.63) is 84.1 Å². The molecule has 1 amide bonds. The highest BCUT2D eigenvalue weighted by Gasteiger charge is 2.30. The molecule has 4 rings (SSSR count). The van der Waals surface area contributed by atoms with Gasteiger partial charge in [-0.25, -0.2) is 0 Å². The first-order valence-corrected chi connectivity index (χ1v) is 10.2. The van der Waals surface area contributed by atoms with Crippen LogP contribution in [0.15, 0.2) is 67.3 Å². The van der Waals surface area contributed by atoms with Crippen LogP contribution in [-0.4, -0.2) is 34.0 Å². The van der Waals surface area contributed by atoms with Crippen molar-refractivity contribution in [1.29, 1.82) is 0 Å². The van der Waals surface area contributed by atoms with Crippen LogP contribution in [0.2, 0.25) is 0 Å². The van der Waals surface area contributed by atoms with Gasteiger partial charge in [-0.1, -0.05) is 49.0 Å². The first-order valence-electron chi connectivity index (χ1n) is 10.2. The van der Waals surface area contributed by atoms with Crippen molar-refractivity contribution in [3.8, 4) is 16.9 Å². The van der Waals surface area contributed by atoms with Gasteiger partial charge in [0.2, 0.25) is 5.91 Å². The van der Waals surface area contributed by atoms with Crippen LogP contribution in [0.1, 0.15) is 29.2 Å². The first-order chi connectivity index (χ1) is 15.0. The molecule has 2 aromatic carbocycles. The lowest BCUT2D eigenvalue weighted by Gasteiger charge is -2.15. The molecule has 0 aliphatic carbocycles. The third kappa shape index (κ3) is 3.92. The number of rotatable bonds is 5. The molecule has 2 heterocycles. The lowest BCUT2D eigenvalue weighted by molar-refractivity contribution is -0.125. The number of likely N-dealkylation sites (tertiary alicyclic amines) is 1. The van der Waals surface area contributed by atoms with E-state index in [1.165, 1.54) is 6.08 Å². The third-order valence-corrected chi connectivity index (χ3v) is 5.76. The SMILES string of the molecule is C=CC(=O)N1CCC(c2[nH]c(N)c(/C=C(\N)c3ccccc3O)c2-c2ccccc2)C1. The van der Waals surface area contributed by atoms with E-state index in [1.807, 2.05) is 36.4 Å². The average Bonchev–Trinajstić information content (AvgIpc) is 3.39. The molecule has 1 aliphatic rings. The van der Waals surface area contributed by atoms with Crippen molar-refractivity contribution < 1.29 is 9.90 Å². The lowest BCUT2D eigenvalue weighted by atomic mass is 9.93. The van der Waals surface area contributed by atoms with Gasteiger partial charge >= 0.3 is 0 Å². The number of amides is 1. The Hall–Kier alpha value is -3.93. The number of anilines is 1. The van der Waals surface area contributed by atoms with E-state index in [9.17, 15) is 9.90 Å². The number of nitrogens with zero attached hydrogens (tertiary/aromatic N) is 1. The van der Waals surface area contributed by atoms with Crippen molar-refractivity contribution in [2.75, 3.05) is 18.8 Å². The number of hydrogen-bond donors (Lipinski definition) is 4. The van der Waals surface area contributed by atoms with Crippen LogP contribution in [0.4, 0.5) is 5.82 Å². The van der Waals surface area contributed by atoms with Crippen molar-refractivity contribution in [2.45, 2.75) is 12.3 Å². The van der Waals surface area contributed by atoms with Gasteiger partial charge in [-0.05, 0) is 36.3 Å². The van der Waals surface area contributed by atoms with Crippen molar-refractivity contribution in [2.24, 2.45) is 5.73 Å². The molecular weight excluding hydrogens is 388 g/mol. The second-order valence-corrected chi connectivity index (χ2v) is 7.70. The number of nitrogen functional groups attached to an aromatic ring is 1. The number of aromatic nitrogens is 1. The molecule has 3 aromatic rings. The minimum atomic E-state index is -0.0628. The zero-order valence-electron chi connectivity index (χ0n) is 17.2. The Morgan fingerprint density at radius 2 is 1.87 bits per heavy atom. The Bertz CT molecular complexity index is 1150. The number of nitrogens with one attached hydrogen (secondary N) is 1. The van der Waals surface area contributed by atoms with Crippen LogP contribution in [0.5, 0.6) is 5.75 Å². The molecule has 1 fully saturated rings. The molecular formula is C25H26N4O2. The Morgan fingerprint density at radius 1 is 1.16 bits per heavy atom. The molecule has 6 heteroatoms. The summed E-state index contributed by atoms with van der Waals surface area (Å²) in [6, 6.07) is 16.9. The van der Waals surface area contributed by atoms with Crippen LogP contribution in [0, 0.1) is 0 Å². The number of benzene rings is 2. The Kier molecular flexibility index (Phi) is 5.54. The number of phenolic OH excluding ortho intramolecular Hbond substituents is 1. The predicted octanol–water partition coefficient (Wildman–Crippen LogP) is 3.93. The zero-order valence-corrected chi connectivity index (χ0v) is 17.2. The number of nitrogens with two attached hydrogens (primary N) is 2. The summed E-state index contributed by atoms with van der Waals surface area (Å²) in [4.78, 5) is 17.2. The fourth-order valence-corrected chi connectivity index (χ4v) is 4.20. The maximum atomic E-state index is 12.1. The Balaban J connectivity index is 1.82. The molecule has 1 atom stereocenters. The highest BCUT2D eigenvalue weighted by molar-refractivity contribution is 5.92. The minimum Gasteiger partial charge on any atom is -0.507 e. The topological polar surface area (TPSA) is 108 Å². The number of phenols is 1. The fraction of sp³-hybridized carbons (Fsp3) is 0.160. The van der Waals surface area contributed by atoms with Crippen LogP contribution >= 0.6 is 0 Å². The van der Waals surface area contributed by atoms with Gasteiger partial charge in [0.25, 0.3) is 0 Å². The van der Waals surface area contributed by atoms with Crippen LogP contribution in [0.25, 0.3) is 22.9 Å². The number of aromatic hydroxyl groups is 1. The van der Waals surface area contributed by atoms with Gasteiger partial charge < -0.3 is 26.5 Å². The quantitative estimate of drug-likeness (QED) is 0.474. The molecule has 1 aromatic heterocycles. The van der Waals surface area contributed by atoms with Gasteiger partial charge in [0.05, 0.1) is 0 Å². The number of hydrogen-bond acceptors (Lipinski definition) is 4. The van der Waals surface area contributed by atoms with E-state index >= 15 is 0 Å². The fourth-order valence-electron chi connectivity index (χ4n) is 4.20. The van der Waals surface area contributed by atoms with E-state index in [4.69, 9.17) is 11.5 Å². The van der Waals surface area contributed by atoms with Gasteiger partial charge in [-0.2, -0.15) is 0 Å². The van der Waals surface area contributed by atoms with Crippen molar-refractivity contribution in [3.63, 3.8) is 0 Å². The molecule has 1 aliphatic heterocycles. The average molecular weight is 415 g/mol. The molecule has 0 radical (unpaired) electrons. The van der Waals surface area contributed by atoms with Crippen molar-refractivity contribution in [1.82, 2.24) is 9.88 Å².